The first-order valence-corrected chi connectivity index (χ1v) is 11.2. The number of carbonyl (C=O) groups is 1. The van der Waals surface area contributed by atoms with E-state index >= 15 is 0 Å². The highest BCUT2D eigenvalue weighted by Crippen LogP contribution is 2.40. The Balaban J connectivity index is 1.37. The van der Waals surface area contributed by atoms with E-state index in [9.17, 15) is 4.79 Å². The predicted octanol–water partition coefficient (Wildman–Crippen LogP) is 4.87. The fourth-order valence-corrected chi connectivity index (χ4v) is 4.23. The van der Waals surface area contributed by atoms with Crippen LogP contribution in [0, 0.1) is 5.92 Å². The first-order valence-electron chi connectivity index (χ1n) is 11.2. The van der Waals surface area contributed by atoms with Crippen LogP contribution in [0.5, 0.6) is 0 Å². The molecule has 4 aromatic rings. The Labute approximate surface area is 197 Å². The topological polar surface area (TPSA) is 105 Å². The second-order valence-electron chi connectivity index (χ2n) is 9.70. The van der Waals surface area contributed by atoms with Gasteiger partial charge in [-0.25, -0.2) is 0 Å². The minimum absolute atomic E-state index is 0.256. The molecule has 0 spiro atoms. The van der Waals surface area contributed by atoms with E-state index in [2.05, 4.69) is 41.0 Å². The number of carboxylic acids is 1. The Morgan fingerprint density at radius 1 is 1.00 bits per heavy atom. The number of hydrogen-bond acceptors (Lipinski definition) is 7. The van der Waals surface area contributed by atoms with Crippen molar-refractivity contribution >= 4 is 5.97 Å². The number of benzene rings is 2. The number of rotatable bonds is 6. The van der Waals surface area contributed by atoms with Crippen molar-refractivity contribution in [3.63, 3.8) is 0 Å². The van der Waals surface area contributed by atoms with Crippen LogP contribution < -0.4 is 0 Å². The summed E-state index contributed by atoms with van der Waals surface area (Å²) in [6, 6.07) is 17.8. The third kappa shape index (κ3) is 4.24. The van der Waals surface area contributed by atoms with Crippen LogP contribution in [0.4, 0.5) is 0 Å². The van der Waals surface area contributed by atoms with E-state index in [0.29, 0.717) is 36.3 Å². The number of aromatic nitrogens is 3. The number of carboxylic acid groups (broad SMARTS) is 1. The van der Waals surface area contributed by atoms with Gasteiger partial charge in [0, 0.05) is 36.3 Å². The van der Waals surface area contributed by atoms with Gasteiger partial charge in [0.2, 0.25) is 5.82 Å². The van der Waals surface area contributed by atoms with Gasteiger partial charge in [0.25, 0.3) is 5.89 Å². The third-order valence-corrected chi connectivity index (χ3v) is 6.03. The minimum Gasteiger partial charge on any atom is -0.481 e. The standard InChI is InChI=1S/C26H26N4O4/c1-26(2,3)20-21(28-33-22(20)17-7-5-4-6-8-17)24-27-23(29-34-24)18-11-9-16(10-12-18)13-30-14-19(15-30)25(31)32/h4-12,19H,13-15H2,1-3H3,(H,31,32). The third-order valence-electron chi connectivity index (χ3n) is 6.03. The van der Waals surface area contributed by atoms with Gasteiger partial charge in [-0.15, -0.1) is 0 Å². The van der Waals surface area contributed by atoms with Crippen molar-refractivity contribution in [3.05, 3.63) is 65.7 Å². The maximum absolute atomic E-state index is 11.0. The highest BCUT2D eigenvalue weighted by atomic mass is 16.5. The number of nitrogens with zero attached hydrogens (tertiary/aromatic N) is 4. The van der Waals surface area contributed by atoms with Crippen LogP contribution in [-0.2, 0) is 16.8 Å². The van der Waals surface area contributed by atoms with Crippen molar-refractivity contribution < 1.29 is 18.9 Å². The molecule has 1 fully saturated rings. The summed E-state index contributed by atoms with van der Waals surface area (Å²) < 4.78 is 11.3. The van der Waals surface area contributed by atoms with Gasteiger partial charge in [-0.05, 0) is 11.0 Å². The van der Waals surface area contributed by atoms with Crippen molar-refractivity contribution in [2.75, 3.05) is 13.1 Å². The van der Waals surface area contributed by atoms with Gasteiger partial charge in [-0.2, -0.15) is 4.98 Å². The molecule has 3 heterocycles. The van der Waals surface area contributed by atoms with E-state index in [1.165, 1.54) is 0 Å². The smallest absolute Gasteiger partial charge is 0.309 e. The van der Waals surface area contributed by atoms with Crippen LogP contribution in [0.25, 0.3) is 34.3 Å². The maximum atomic E-state index is 11.0. The van der Waals surface area contributed by atoms with Gasteiger partial charge in [0.1, 0.15) is 0 Å². The Morgan fingerprint density at radius 3 is 2.35 bits per heavy atom. The summed E-state index contributed by atoms with van der Waals surface area (Å²) in [6.07, 6.45) is 0. The van der Waals surface area contributed by atoms with E-state index in [-0.39, 0.29) is 11.3 Å². The van der Waals surface area contributed by atoms with Gasteiger partial charge in [-0.1, -0.05) is 85.7 Å². The van der Waals surface area contributed by atoms with E-state index in [1.54, 1.807) is 0 Å². The molecule has 34 heavy (non-hydrogen) atoms. The molecular formula is C26H26N4O4. The number of hydrogen-bond donors (Lipinski definition) is 1. The molecule has 0 unspecified atom stereocenters. The molecule has 2 aromatic carbocycles. The first-order chi connectivity index (χ1) is 16.3. The summed E-state index contributed by atoms with van der Waals surface area (Å²) in [5.41, 5.74) is 4.09. The molecule has 2 aromatic heterocycles. The largest absolute Gasteiger partial charge is 0.481 e. The Kier molecular flexibility index (Phi) is 5.53. The van der Waals surface area contributed by atoms with Crippen LogP contribution in [0.1, 0.15) is 31.9 Å². The molecule has 1 saturated heterocycles. The molecule has 8 nitrogen and oxygen atoms in total. The first kappa shape index (κ1) is 22.0. The fraction of sp³-hybridized carbons (Fsp3) is 0.308. The lowest BCUT2D eigenvalue weighted by Crippen LogP contribution is -2.49. The molecule has 0 aliphatic carbocycles. The molecule has 0 saturated carbocycles. The zero-order valence-corrected chi connectivity index (χ0v) is 19.4. The summed E-state index contributed by atoms with van der Waals surface area (Å²) in [5, 5.41) is 17.5. The van der Waals surface area contributed by atoms with E-state index in [0.717, 1.165) is 28.8 Å². The Bertz CT molecular complexity index is 1300. The van der Waals surface area contributed by atoms with Crippen molar-refractivity contribution in [2.45, 2.75) is 32.7 Å². The second kappa shape index (κ2) is 8.53. The summed E-state index contributed by atoms with van der Waals surface area (Å²) in [5.74, 6) is 0.505. The zero-order chi connectivity index (χ0) is 23.9. The van der Waals surface area contributed by atoms with Crippen molar-refractivity contribution in [1.29, 1.82) is 0 Å². The number of likely N-dealkylation sites (tertiary alicyclic amines) is 1. The van der Waals surface area contributed by atoms with Crippen molar-refractivity contribution in [1.82, 2.24) is 20.2 Å². The van der Waals surface area contributed by atoms with Gasteiger partial charge < -0.3 is 14.2 Å². The fourth-order valence-electron chi connectivity index (χ4n) is 4.23. The maximum Gasteiger partial charge on any atom is 0.309 e. The molecule has 0 bridgehead atoms. The molecule has 174 valence electrons. The molecule has 1 N–H and O–H groups in total. The molecule has 8 heteroatoms. The lowest BCUT2D eigenvalue weighted by Gasteiger charge is -2.36. The predicted molar refractivity (Wildman–Crippen MR) is 126 cm³/mol. The molecule has 5 rings (SSSR count). The zero-order valence-electron chi connectivity index (χ0n) is 19.4. The monoisotopic (exact) mass is 458 g/mol. The van der Waals surface area contributed by atoms with Crippen molar-refractivity contribution in [3.8, 4) is 34.3 Å². The van der Waals surface area contributed by atoms with Gasteiger partial charge >= 0.3 is 5.97 Å². The van der Waals surface area contributed by atoms with Crippen LogP contribution in [0.15, 0.2) is 63.6 Å². The van der Waals surface area contributed by atoms with Gasteiger partial charge in [0.15, 0.2) is 11.5 Å². The summed E-state index contributed by atoms with van der Waals surface area (Å²) >= 11 is 0. The average Bonchev–Trinajstić information content (AvgIpc) is 3.44. The lowest BCUT2D eigenvalue weighted by atomic mass is 9.84. The summed E-state index contributed by atoms with van der Waals surface area (Å²) in [4.78, 5) is 17.7. The van der Waals surface area contributed by atoms with E-state index < -0.39 is 5.97 Å². The van der Waals surface area contributed by atoms with Gasteiger partial charge in [0.05, 0.1) is 5.92 Å². The molecule has 0 amide bonds. The Hall–Kier alpha value is -3.78. The van der Waals surface area contributed by atoms with E-state index in [1.807, 2.05) is 54.6 Å². The minimum atomic E-state index is -0.725. The Morgan fingerprint density at radius 2 is 1.71 bits per heavy atom. The van der Waals surface area contributed by atoms with Crippen LogP contribution in [0.2, 0.25) is 0 Å². The van der Waals surface area contributed by atoms with Gasteiger partial charge in [-0.3, -0.25) is 9.69 Å². The highest BCUT2D eigenvalue weighted by Gasteiger charge is 2.33. The van der Waals surface area contributed by atoms with Crippen LogP contribution >= 0.6 is 0 Å². The summed E-state index contributed by atoms with van der Waals surface area (Å²) in [7, 11) is 0. The van der Waals surface area contributed by atoms with E-state index in [4.69, 9.17) is 14.2 Å². The molecule has 0 atom stereocenters. The van der Waals surface area contributed by atoms with Crippen LogP contribution in [0.3, 0.4) is 0 Å². The summed E-state index contributed by atoms with van der Waals surface area (Å²) in [6.45, 7) is 8.19. The SMILES string of the molecule is CC(C)(C)c1c(-c2nc(-c3ccc(CN4CC(C(=O)O)C4)cc3)no2)noc1-c1ccccc1. The quantitative estimate of drug-likeness (QED) is 0.436. The molecule has 1 aliphatic heterocycles. The normalized spacial score (nSPS) is 14.8. The van der Waals surface area contributed by atoms with Crippen molar-refractivity contribution in [2.24, 2.45) is 5.92 Å². The second-order valence-corrected chi connectivity index (χ2v) is 9.70. The molecule has 0 radical (unpaired) electrons. The average molecular weight is 459 g/mol. The van der Waals surface area contributed by atoms with Crippen LogP contribution in [-0.4, -0.2) is 44.4 Å². The lowest BCUT2D eigenvalue weighted by molar-refractivity contribution is -0.147. The molecule has 1 aliphatic rings. The number of aliphatic carboxylic acids is 1. The molecular weight excluding hydrogens is 432 g/mol. The highest BCUT2D eigenvalue weighted by molar-refractivity contribution is 5.72.